The van der Waals surface area contributed by atoms with Crippen molar-refractivity contribution in [3.05, 3.63) is 40.3 Å². The first-order valence-corrected chi connectivity index (χ1v) is 8.40. The zero-order valence-electron chi connectivity index (χ0n) is 13.6. The van der Waals surface area contributed by atoms with Gasteiger partial charge in [-0.25, -0.2) is 9.89 Å². The maximum atomic E-state index is 12.7. The van der Waals surface area contributed by atoms with Crippen LogP contribution in [0.2, 0.25) is 0 Å². The highest BCUT2D eigenvalue weighted by molar-refractivity contribution is 8.00. The molecule has 10 heteroatoms. The number of hydrogen-bond acceptors (Lipinski definition) is 4. The molecule has 6 nitrogen and oxygen atoms in total. The highest BCUT2D eigenvalue weighted by Gasteiger charge is 2.30. The topological polar surface area (TPSA) is 79.8 Å². The van der Waals surface area contributed by atoms with E-state index in [0.717, 1.165) is 30.3 Å². The molecule has 0 aliphatic heterocycles. The van der Waals surface area contributed by atoms with Gasteiger partial charge in [-0.15, -0.1) is 5.10 Å². The summed E-state index contributed by atoms with van der Waals surface area (Å²) in [6.45, 7) is 3.94. The van der Waals surface area contributed by atoms with Crippen molar-refractivity contribution in [3.8, 4) is 0 Å². The number of rotatable bonds is 6. The fourth-order valence-electron chi connectivity index (χ4n) is 2.04. The van der Waals surface area contributed by atoms with Crippen LogP contribution in [-0.4, -0.2) is 25.9 Å². The van der Waals surface area contributed by atoms with Gasteiger partial charge in [-0.2, -0.15) is 13.2 Å². The van der Waals surface area contributed by atoms with Crippen molar-refractivity contribution in [1.29, 1.82) is 0 Å². The predicted octanol–water partition coefficient (Wildman–Crippen LogP) is 3.12. The molecular weight excluding hydrogens is 357 g/mol. The highest BCUT2D eigenvalue weighted by Crippen LogP contribution is 2.31. The fourth-order valence-corrected chi connectivity index (χ4v) is 2.92. The van der Waals surface area contributed by atoms with Crippen molar-refractivity contribution < 1.29 is 18.0 Å². The Morgan fingerprint density at radius 2 is 2.16 bits per heavy atom. The molecule has 1 heterocycles. The second-order valence-electron chi connectivity index (χ2n) is 5.29. The standard InChI is InChI=1S/C15H17F3N4O2S/c1-3-7-22-13(24)20-21-14(22)25-9(2)12(23)19-11-6-4-5-10(8-11)15(16,17)18/h4-6,8-9H,3,7H2,1-2H3,(H,19,23)(H,20,24)/t9-/m1/s1. The number of carbonyl (C=O) groups is 1. The van der Waals surface area contributed by atoms with Crippen molar-refractivity contribution in [2.45, 2.75) is 43.4 Å². The number of nitrogens with zero attached hydrogens (tertiary/aromatic N) is 2. The molecule has 2 aromatic rings. The van der Waals surface area contributed by atoms with E-state index >= 15 is 0 Å². The van der Waals surface area contributed by atoms with Gasteiger partial charge in [-0.1, -0.05) is 24.8 Å². The molecule has 25 heavy (non-hydrogen) atoms. The zero-order valence-corrected chi connectivity index (χ0v) is 14.4. The van der Waals surface area contributed by atoms with Gasteiger partial charge >= 0.3 is 11.9 Å². The number of nitrogens with one attached hydrogen (secondary N) is 2. The number of H-pyrrole nitrogens is 1. The zero-order chi connectivity index (χ0) is 18.6. The summed E-state index contributed by atoms with van der Waals surface area (Å²) in [5.41, 5.74) is -1.15. The van der Waals surface area contributed by atoms with Gasteiger partial charge < -0.3 is 5.32 Å². The summed E-state index contributed by atoms with van der Waals surface area (Å²) < 4.78 is 39.5. The minimum absolute atomic E-state index is 0.0558. The molecule has 0 spiro atoms. The number of thioether (sulfide) groups is 1. The third kappa shape index (κ3) is 4.88. The number of benzene rings is 1. The summed E-state index contributed by atoms with van der Waals surface area (Å²) in [6.07, 6.45) is -3.76. The lowest BCUT2D eigenvalue weighted by Gasteiger charge is -2.13. The molecule has 1 atom stereocenters. The molecule has 2 N–H and O–H groups in total. The fraction of sp³-hybridized carbons (Fsp3) is 0.400. The molecule has 0 fully saturated rings. The molecule has 0 unspecified atom stereocenters. The molecular formula is C15H17F3N4O2S. The quantitative estimate of drug-likeness (QED) is 0.762. The first-order chi connectivity index (χ1) is 11.7. The first-order valence-electron chi connectivity index (χ1n) is 7.52. The third-order valence-corrected chi connectivity index (χ3v) is 4.37. The lowest BCUT2D eigenvalue weighted by Crippen LogP contribution is -2.24. The molecule has 0 radical (unpaired) electrons. The van der Waals surface area contributed by atoms with Crippen molar-refractivity contribution in [3.63, 3.8) is 0 Å². The molecule has 1 aromatic heterocycles. The maximum Gasteiger partial charge on any atom is 0.416 e. The largest absolute Gasteiger partial charge is 0.416 e. The summed E-state index contributed by atoms with van der Waals surface area (Å²) in [5.74, 6) is -0.483. The number of aromatic amines is 1. The Morgan fingerprint density at radius 3 is 2.80 bits per heavy atom. The van der Waals surface area contributed by atoms with E-state index in [9.17, 15) is 22.8 Å². The Kier molecular flexibility index (Phi) is 5.93. The van der Waals surface area contributed by atoms with E-state index in [1.807, 2.05) is 6.92 Å². The van der Waals surface area contributed by atoms with E-state index < -0.39 is 22.9 Å². The van der Waals surface area contributed by atoms with Crippen LogP contribution in [0.3, 0.4) is 0 Å². The van der Waals surface area contributed by atoms with Crippen LogP contribution in [0.25, 0.3) is 0 Å². The summed E-state index contributed by atoms with van der Waals surface area (Å²) in [4.78, 5) is 23.8. The maximum absolute atomic E-state index is 12.7. The first kappa shape index (κ1) is 19.1. The van der Waals surface area contributed by atoms with Gasteiger partial charge in [0.1, 0.15) is 0 Å². The molecule has 1 aromatic carbocycles. The highest BCUT2D eigenvalue weighted by atomic mass is 32.2. The summed E-state index contributed by atoms with van der Waals surface area (Å²) >= 11 is 1.05. The average molecular weight is 374 g/mol. The summed E-state index contributed by atoms with van der Waals surface area (Å²) in [5, 5.41) is 8.34. The lowest BCUT2D eigenvalue weighted by molar-refractivity contribution is -0.137. The Bertz CT molecular complexity index is 801. The van der Waals surface area contributed by atoms with Crippen LogP contribution in [-0.2, 0) is 17.5 Å². The number of hydrogen-bond donors (Lipinski definition) is 2. The van der Waals surface area contributed by atoms with Gasteiger partial charge in [-0.3, -0.25) is 9.36 Å². The molecule has 1 amide bonds. The second kappa shape index (κ2) is 7.77. The minimum Gasteiger partial charge on any atom is -0.325 e. The lowest BCUT2D eigenvalue weighted by atomic mass is 10.2. The SMILES string of the molecule is CCCn1c(S[C@H](C)C(=O)Nc2cccc(C(F)(F)F)c2)n[nH]c1=O. The average Bonchev–Trinajstić information content (AvgIpc) is 2.88. The molecule has 136 valence electrons. The molecule has 0 saturated carbocycles. The van der Waals surface area contributed by atoms with Gasteiger partial charge in [0.15, 0.2) is 5.16 Å². The van der Waals surface area contributed by atoms with Crippen LogP contribution in [0.5, 0.6) is 0 Å². The molecule has 0 bridgehead atoms. The van der Waals surface area contributed by atoms with Crippen molar-refractivity contribution in [2.24, 2.45) is 0 Å². The van der Waals surface area contributed by atoms with Gasteiger partial charge in [0.05, 0.1) is 10.8 Å². The monoisotopic (exact) mass is 374 g/mol. The summed E-state index contributed by atoms with van der Waals surface area (Å²) in [7, 11) is 0. The number of carbonyl (C=O) groups excluding carboxylic acids is 1. The van der Waals surface area contributed by atoms with E-state index in [-0.39, 0.29) is 11.4 Å². The normalized spacial score (nSPS) is 12.8. The van der Waals surface area contributed by atoms with Crippen LogP contribution >= 0.6 is 11.8 Å². The number of amides is 1. The van der Waals surface area contributed by atoms with E-state index in [1.54, 1.807) is 6.92 Å². The summed E-state index contributed by atoms with van der Waals surface area (Å²) in [6, 6.07) is 4.41. The van der Waals surface area contributed by atoms with Crippen LogP contribution in [0.4, 0.5) is 18.9 Å². The van der Waals surface area contributed by atoms with Gasteiger partial charge in [0.2, 0.25) is 5.91 Å². The minimum atomic E-state index is -4.48. The van der Waals surface area contributed by atoms with Gasteiger partial charge in [0, 0.05) is 12.2 Å². The molecule has 0 aliphatic carbocycles. The Morgan fingerprint density at radius 1 is 1.44 bits per heavy atom. The number of alkyl halides is 3. The van der Waals surface area contributed by atoms with E-state index in [1.165, 1.54) is 16.7 Å². The van der Waals surface area contributed by atoms with Gasteiger partial charge in [-0.05, 0) is 31.5 Å². The smallest absolute Gasteiger partial charge is 0.325 e. The van der Waals surface area contributed by atoms with Crippen LogP contribution in [0.15, 0.2) is 34.2 Å². The number of halogens is 3. The molecule has 0 aliphatic rings. The van der Waals surface area contributed by atoms with E-state index in [2.05, 4.69) is 15.5 Å². The molecule has 2 rings (SSSR count). The Balaban J connectivity index is 2.07. The third-order valence-electron chi connectivity index (χ3n) is 3.28. The van der Waals surface area contributed by atoms with Gasteiger partial charge in [0.25, 0.3) is 0 Å². The van der Waals surface area contributed by atoms with Crippen LogP contribution in [0.1, 0.15) is 25.8 Å². The van der Waals surface area contributed by atoms with Crippen molar-refractivity contribution >= 4 is 23.4 Å². The molecule has 0 saturated heterocycles. The van der Waals surface area contributed by atoms with Crippen LogP contribution in [0, 0.1) is 0 Å². The number of aromatic nitrogens is 3. The van der Waals surface area contributed by atoms with Crippen LogP contribution < -0.4 is 11.0 Å². The van der Waals surface area contributed by atoms with Crippen molar-refractivity contribution in [1.82, 2.24) is 14.8 Å². The predicted molar refractivity (Wildman–Crippen MR) is 88.5 cm³/mol. The second-order valence-corrected chi connectivity index (χ2v) is 6.60. The van der Waals surface area contributed by atoms with E-state index in [4.69, 9.17) is 0 Å². The number of anilines is 1. The Hall–Kier alpha value is -2.23. The van der Waals surface area contributed by atoms with Crippen molar-refractivity contribution in [2.75, 3.05) is 5.32 Å². The van der Waals surface area contributed by atoms with E-state index in [0.29, 0.717) is 11.7 Å². The Labute approximate surface area is 145 Å².